The molecule has 0 fully saturated rings. The normalized spacial score (nSPS) is 11.9. The molecule has 0 saturated heterocycles. The van der Waals surface area contributed by atoms with E-state index in [9.17, 15) is 0 Å². The molecule has 11 aromatic carbocycles. The number of rotatable bonds is 9. The maximum absolute atomic E-state index is 2.49. The van der Waals surface area contributed by atoms with Crippen molar-refractivity contribution in [1.29, 1.82) is 0 Å². The Morgan fingerprint density at radius 2 is 0.688 bits per heavy atom. The van der Waals surface area contributed by atoms with E-state index in [4.69, 9.17) is 0 Å². The lowest BCUT2D eigenvalue weighted by atomic mass is 9.34. The zero-order valence-corrected chi connectivity index (χ0v) is 47.0. The van der Waals surface area contributed by atoms with Gasteiger partial charge in [-0.05, 0) is 163 Å². The lowest BCUT2D eigenvalue weighted by molar-refractivity contribution is 1.29. The molecule has 1 aliphatic rings. The van der Waals surface area contributed by atoms with Gasteiger partial charge in [0.15, 0.2) is 0 Å². The van der Waals surface area contributed by atoms with Crippen molar-refractivity contribution in [3.63, 3.8) is 0 Å². The molecule has 0 aromatic heterocycles. The summed E-state index contributed by atoms with van der Waals surface area (Å²) < 4.78 is 0. The van der Waals surface area contributed by atoms with Gasteiger partial charge in [-0.25, -0.2) is 0 Å². The van der Waals surface area contributed by atoms with Crippen LogP contribution in [0.25, 0.3) is 54.9 Å². The van der Waals surface area contributed by atoms with Crippen LogP contribution in [0.15, 0.2) is 188 Å². The minimum atomic E-state index is 0.125. The average Bonchev–Trinajstić information content (AvgIpc) is 3.56. The predicted molar refractivity (Wildman–Crippen MR) is 338 cm³/mol. The van der Waals surface area contributed by atoms with Crippen LogP contribution in [-0.2, 0) is 0 Å². The van der Waals surface area contributed by atoms with Crippen LogP contribution in [0.3, 0.4) is 0 Å². The molecule has 0 bridgehead atoms. The summed E-state index contributed by atoms with van der Waals surface area (Å²) in [6.45, 7) is 27.4. The maximum Gasteiger partial charge on any atom is 0.242 e. The smallest absolute Gasteiger partial charge is 0.242 e. The molecule has 0 saturated carbocycles. The Bertz CT molecular complexity index is 3960. The zero-order chi connectivity index (χ0) is 53.6. The molecule has 12 rings (SSSR count). The second-order valence-corrected chi connectivity index (χ2v) is 22.8. The number of para-hydroxylation sites is 1. The summed E-state index contributed by atoms with van der Waals surface area (Å²) in [7, 11) is 0. The lowest BCUT2D eigenvalue weighted by Gasteiger charge is -2.34. The molecular weight excluding hydrogens is 924 g/mol. The van der Waals surface area contributed by atoms with Crippen molar-refractivity contribution in [1.82, 2.24) is 0 Å². The molecule has 0 spiro atoms. The third kappa shape index (κ3) is 8.71. The highest BCUT2D eigenvalue weighted by Crippen LogP contribution is 2.53. The monoisotopic (exact) mass is 992 g/mol. The van der Waals surface area contributed by atoms with E-state index in [1.165, 1.54) is 166 Å². The van der Waals surface area contributed by atoms with Gasteiger partial charge >= 0.3 is 0 Å². The topological polar surface area (TPSA) is 3.24 Å². The van der Waals surface area contributed by atoms with E-state index in [0.29, 0.717) is 0 Å². The van der Waals surface area contributed by atoms with Crippen LogP contribution >= 0.6 is 0 Å². The van der Waals surface area contributed by atoms with Crippen LogP contribution in [0.2, 0.25) is 0 Å². The Kier molecular flexibility index (Phi) is 12.6. The number of benzene rings is 11. The molecule has 11 aromatic rings. The van der Waals surface area contributed by atoms with Gasteiger partial charge in [-0.1, -0.05) is 251 Å². The first-order chi connectivity index (χ1) is 37.1. The second-order valence-electron chi connectivity index (χ2n) is 22.8. The molecule has 0 atom stereocenters. The van der Waals surface area contributed by atoms with Gasteiger partial charge in [0.2, 0.25) is 13.4 Å². The van der Waals surface area contributed by atoms with Gasteiger partial charge in [-0.2, -0.15) is 0 Å². The minimum absolute atomic E-state index is 0.125. The maximum atomic E-state index is 2.49. The largest absolute Gasteiger partial charge is 0.309 e. The van der Waals surface area contributed by atoms with Gasteiger partial charge in [0.1, 0.15) is 0 Å². The van der Waals surface area contributed by atoms with Crippen LogP contribution in [0.5, 0.6) is 0 Å². The molecule has 1 heterocycles. The molecule has 77 heavy (non-hydrogen) atoms. The van der Waals surface area contributed by atoms with Gasteiger partial charge in [-0.15, -0.1) is 0 Å². The van der Waals surface area contributed by atoms with Crippen LogP contribution < -0.4 is 37.7 Å². The van der Waals surface area contributed by atoms with Crippen molar-refractivity contribution in [2.24, 2.45) is 0 Å². The Labute approximate surface area is 458 Å². The zero-order valence-electron chi connectivity index (χ0n) is 47.0. The number of fused-ring (bicyclic) bond motifs is 4. The average molecular weight is 992 g/mol. The van der Waals surface area contributed by atoms with Gasteiger partial charge in [0.05, 0.1) is 11.4 Å². The molecule has 1 nitrogen and oxygen atoms in total. The number of anilines is 3. The number of nitrogens with zero attached hydrogens (tertiary/aromatic N) is 1. The van der Waals surface area contributed by atoms with Gasteiger partial charge in [-0.3, -0.25) is 0 Å². The number of aryl methyl sites for hydroxylation is 12. The van der Waals surface area contributed by atoms with E-state index in [1.807, 2.05) is 0 Å². The molecule has 0 unspecified atom stereocenters. The van der Waals surface area contributed by atoms with Gasteiger partial charge in [0.25, 0.3) is 0 Å². The van der Waals surface area contributed by atoms with Crippen molar-refractivity contribution < 1.29 is 0 Å². The first-order valence-electron chi connectivity index (χ1n) is 27.6. The molecule has 1 aliphatic heterocycles. The highest BCUT2D eigenvalue weighted by Gasteiger charge is 2.32. The lowest BCUT2D eigenvalue weighted by Crippen LogP contribution is -2.55. The molecule has 0 N–H and O–H groups in total. The van der Waals surface area contributed by atoms with E-state index in [2.05, 4.69) is 276 Å². The standard InChI is InChI=1S/C74H67B2N/c1-44-33-48(5)71(49(6)34-44)75(72-50(7)35-45(2)36-51(72)8)61-28-23-56(24-29-61)58-21-22-60-42-67-64-32-27-59(43-69(64)77(63-17-14-13-15-18-63)68-20-16-19-65(70(67)68)66(60)41-58)57-25-30-62(31-26-57)76(73-52(9)37-46(3)38-53(73)10)74-54(11)39-47(4)40-55(74)12/h13-43H,1-12H3. The fourth-order valence-corrected chi connectivity index (χ4v) is 14.2. The SMILES string of the molecule is Cc1cc(C)c(B(c2ccc(-c3ccc4c(c3)N(c3ccccc3)c3cccc5c3c-4cc3ccc(-c4ccc(B(c6c(C)cc(C)cc6C)c6c(C)cc(C)cc6C)cc4)cc35)cc2)c2c(C)cc(C)cc2C)c(C)c1. The molecular formula is C74H67B2N. The van der Waals surface area contributed by atoms with Crippen LogP contribution in [-0.4, -0.2) is 13.4 Å². The van der Waals surface area contributed by atoms with Crippen molar-refractivity contribution in [2.45, 2.75) is 83.1 Å². The third-order valence-electron chi connectivity index (χ3n) is 17.0. The van der Waals surface area contributed by atoms with E-state index < -0.39 is 0 Å². The number of hydrogen-bond acceptors (Lipinski definition) is 1. The summed E-state index contributed by atoms with van der Waals surface area (Å²) >= 11 is 0. The predicted octanol–water partition coefficient (Wildman–Crippen LogP) is 15.5. The van der Waals surface area contributed by atoms with Crippen molar-refractivity contribution >= 4 is 84.8 Å². The van der Waals surface area contributed by atoms with E-state index in [-0.39, 0.29) is 13.4 Å². The molecule has 374 valence electrons. The summed E-state index contributed by atoms with van der Waals surface area (Å²) in [5.41, 5.74) is 35.2. The minimum Gasteiger partial charge on any atom is -0.309 e. The summed E-state index contributed by atoms with van der Waals surface area (Å²) in [5.74, 6) is 0. The van der Waals surface area contributed by atoms with E-state index in [1.54, 1.807) is 0 Å². The van der Waals surface area contributed by atoms with Crippen molar-refractivity contribution in [3.05, 3.63) is 255 Å². The first kappa shape index (κ1) is 49.7. The Hall–Kier alpha value is -8.13. The quantitative estimate of drug-likeness (QED) is 0.103. The van der Waals surface area contributed by atoms with Crippen LogP contribution in [0.1, 0.15) is 66.8 Å². The summed E-state index contributed by atoms with van der Waals surface area (Å²) in [4.78, 5) is 2.49. The van der Waals surface area contributed by atoms with E-state index in [0.717, 1.165) is 5.69 Å². The first-order valence-corrected chi connectivity index (χ1v) is 27.6. The summed E-state index contributed by atoms with van der Waals surface area (Å²) in [6, 6.07) is 72.2. The number of hydrogen-bond donors (Lipinski definition) is 0. The van der Waals surface area contributed by atoms with Gasteiger partial charge in [0, 0.05) is 16.6 Å². The second kappa shape index (κ2) is 19.5. The summed E-state index contributed by atoms with van der Waals surface area (Å²) in [6.07, 6.45) is 0. The van der Waals surface area contributed by atoms with Crippen LogP contribution in [0.4, 0.5) is 17.1 Å². The van der Waals surface area contributed by atoms with Gasteiger partial charge < -0.3 is 4.90 Å². The highest BCUT2D eigenvalue weighted by molar-refractivity contribution is 6.97. The molecule has 3 heteroatoms. The molecule has 0 amide bonds. The van der Waals surface area contributed by atoms with Crippen LogP contribution in [0, 0.1) is 83.1 Å². The Morgan fingerprint density at radius 3 is 1.13 bits per heavy atom. The fourth-order valence-electron chi connectivity index (χ4n) is 14.2. The Balaban J connectivity index is 0.948. The summed E-state index contributed by atoms with van der Waals surface area (Å²) in [5, 5.41) is 5.06. The molecule has 0 radical (unpaired) electrons. The molecule has 0 aliphatic carbocycles. The third-order valence-corrected chi connectivity index (χ3v) is 17.0. The van der Waals surface area contributed by atoms with Crippen molar-refractivity contribution in [3.8, 4) is 33.4 Å². The fraction of sp³-hybridized carbons (Fsp3) is 0.162. The highest BCUT2D eigenvalue weighted by atomic mass is 15.2. The Morgan fingerprint density at radius 1 is 0.286 bits per heavy atom. The van der Waals surface area contributed by atoms with Crippen molar-refractivity contribution in [2.75, 3.05) is 4.90 Å². The van der Waals surface area contributed by atoms with E-state index >= 15 is 0 Å².